The summed E-state index contributed by atoms with van der Waals surface area (Å²) in [6.07, 6.45) is 0. The molecule has 0 fully saturated rings. The Labute approximate surface area is 161 Å². The van der Waals surface area contributed by atoms with Gasteiger partial charge in [-0.25, -0.2) is 0 Å². The minimum absolute atomic E-state index is 0.00310. The van der Waals surface area contributed by atoms with Crippen molar-refractivity contribution in [1.29, 1.82) is 0 Å². The van der Waals surface area contributed by atoms with Gasteiger partial charge in [-0.05, 0) is 67.4 Å². The highest BCUT2D eigenvalue weighted by atomic mass is 32.1. The van der Waals surface area contributed by atoms with Gasteiger partial charge in [0.1, 0.15) is 0 Å². The Morgan fingerprint density at radius 1 is 0.769 bits per heavy atom. The Hall–Kier alpha value is -2.65. The molecule has 3 aromatic rings. The fraction of sp³-hybridized carbons (Fsp3) is 0.174. The maximum Gasteiger partial charge on any atom is 0.171 e. The van der Waals surface area contributed by atoms with Crippen LogP contribution in [0.5, 0.6) is 0 Å². The van der Waals surface area contributed by atoms with E-state index in [0.29, 0.717) is 5.11 Å². The van der Waals surface area contributed by atoms with Crippen LogP contribution < -0.4 is 10.6 Å². The molecule has 0 aliphatic rings. The van der Waals surface area contributed by atoms with Crippen LogP contribution in [0.4, 0.5) is 5.69 Å². The van der Waals surface area contributed by atoms with E-state index in [-0.39, 0.29) is 6.04 Å². The standard InChI is InChI=1S/C23H24N2S/c1-16-9-12-20(13-10-16)22(19-7-5-4-6-8-19)25-23(26)24-21-14-11-17(2)18(3)15-21/h4-15,22H,1-3H3,(H2,24,25,26)/t22-/m1/s1. The van der Waals surface area contributed by atoms with E-state index in [9.17, 15) is 0 Å². The second-order valence-corrected chi connectivity index (χ2v) is 7.06. The van der Waals surface area contributed by atoms with E-state index in [4.69, 9.17) is 12.2 Å². The van der Waals surface area contributed by atoms with Crippen molar-refractivity contribution < 1.29 is 0 Å². The lowest BCUT2D eigenvalue weighted by atomic mass is 9.98. The predicted molar refractivity (Wildman–Crippen MR) is 115 cm³/mol. The van der Waals surface area contributed by atoms with Crippen molar-refractivity contribution in [1.82, 2.24) is 5.32 Å². The molecule has 3 heteroatoms. The molecule has 0 radical (unpaired) electrons. The summed E-state index contributed by atoms with van der Waals surface area (Å²) in [6.45, 7) is 6.31. The van der Waals surface area contributed by atoms with Gasteiger partial charge in [-0.1, -0.05) is 66.2 Å². The maximum absolute atomic E-state index is 5.59. The molecule has 3 aromatic carbocycles. The van der Waals surface area contributed by atoms with Crippen molar-refractivity contribution in [3.05, 3.63) is 101 Å². The van der Waals surface area contributed by atoms with Gasteiger partial charge in [-0.3, -0.25) is 0 Å². The van der Waals surface area contributed by atoms with Crippen LogP contribution in [0.3, 0.4) is 0 Å². The summed E-state index contributed by atoms with van der Waals surface area (Å²) in [5.74, 6) is 0. The highest BCUT2D eigenvalue weighted by Gasteiger charge is 2.15. The van der Waals surface area contributed by atoms with Gasteiger partial charge in [0, 0.05) is 5.69 Å². The van der Waals surface area contributed by atoms with Gasteiger partial charge >= 0.3 is 0 Å². The van der Waals surface area contributed by atoms with Crippen LogP contribution in [-0.2, 0) is 0 Å². The zero-order valence-corrected chi connectivity index (χ0v) is 16.2. The Morgan fingerprint density at radius 2 is 1.42 bits per heavy atom. The molecule has 0 heterocycles. The van der Waals surface area contributed by atoms with Crippen molar-refractivity contribution in [3.8, 4) is 0 Å². The average Bonchev–Trinajstić information content (AvgIpc) is 2.64. The number of thiocarbonyl (C=S) groups is 1. The first-order chi connectivity index (χ1) is 12.5. The van der Waals surface area contributed by atoms with Gasteiger partial charge in [-0.2, -0.15) is 0 Å². The summed E-state index contributed by atoms with van der Waals surface area (Å²) in [5, 5.41) is 7.40. The molecule has 2 N–H and O–H groups in total. The summed E-state index contributed by atoms with van der Waals surface area (Å²) in [6, 6.07) is 25.2. The second kappa shape index (κ2) is 8.15. The molecule has 0 unspecified atom stereocenters. The quantitative estimate of drug-likeness (QED) is 0.585. The van der Waals surface area contributed by atoms with Crippen LogP contribution in [0.2, 0.25) is 0 Å². The molecule has 0 saturated carbocycles. The van der Waals surface area contributed by atoms with Gasteiger partial charge in [0.05, 0.1) is 6.04 Å². The van der Waals surface area contributed by atoms with Crippen molar-refractivity contribution in [2.75, 3.05) is 5.32 Å². The number of hydrogen-bond donors (Lipinski definition) is 2. The average molecular weight is 361 g/mol. The Kier molecular flexibility index (Phi) is 5.69. The largest absolute Gasteiger partial charge is 0.352 e. The molecule has 3 rings (SSSR count). The van der Waals surface area contributed by atoms with E-state index in [1.165, 1.54) is 27.8 Å². The van der Waals surface area contributed by atoms with Crippen LogP contribution in [0.25, 0.3) is 0 Å². The van der Waals surface area contributed by atoms with Gasteiger partial charge in [0.25, 0.3) is 0 Å². The van der Waals surface area contributed by atoms with Gasteiger partial charge in [0.15, 0.2) is 5.11 Å². The summed E-state index contributed by atoms with van der Waals surface area (Å²) in [7, 11) is 0. The molecule has 0 amide bonds. The van der Waals surface area contributed by atoms with E-state index >= 15 is 0 Å². The lowest BCUT2D eigenvalue weighted by Gasteiger charge is -2.22. The highest BCUT2D eigenvalue weighted by Crippen LogP contribution is 2.23. The summed E-state index contributed by atoms with van der Waals surface area (Å²) >= 11 is 5.59. The van der Waals surface area contributed by atoms with Crippen LogP contribution in [0.1, 0.15) is 33.9 Å². The van der Waals surface area contributed by atoms with Gasteiger partial charge in [0.2, 0.25) is 0 Å². The topological polar surface area (TPSA) is 24.1 Å². The first-order valence-electron chi connectivity index (χ1n) is 8.79. The van der Waals surface area contributed by atoms with Gasteiger partial charge < -0.3 is 10.6 Å². The number of hydrogen-bond acceptors (Lipinski definition) is 1. The zero-order valence-electron chi connectivity index (χ0n) is 15.4. The minimum Gasteiger partial charge on any atom is -0.352 e. The molecule has 0 aliphatic carbocycles. The fourth-order valence-electron chi connectivity index (χ4n) is 2.88. The van der Waals surface area contributed by atoms with E-state index in [0.717, 1.165) is 5.69 Å². The van der Waals surface area contributed by atoms with E-state index in [2.05, 4.69) is 98.1 Å². The lowest BCUT2D eigenvalue weighted by molar-refractivity contribution is 0.768. The van der Waals surface area contributed by atoms with Crippen LogP contribution >= 0.6 is 12.2 Å². The molecule has 0 bridgehead atoms. The van der Waals surface area contributed by atoms with Crippen LogP contribution in [0.15, 0.2) is 72.8 Å². The summed E-state index contributed by atoms with van der Waals surface area (Å²) in [5.41, 5.74) is 7.14. The van der Waals surface area contributed by atoms with E-state index in [1.54, 1.807) is 0 Å². The first kappa shape index (κ1) is 18.2. The molecule has 0 spiro atoms. The van der Waals surface area contributed by atoms with E-state index < -0.39 is 0 Å². The zero-order chi connectivity index (χ0) is 18.5. The predicted octanol–water partition coefficient (Wildman–Crippen LogP) is 5.69. The van der Waals surface area contributed by atoms with E-state index in [1.807, 2.05) is 6.07 Å². The monoisotopic (exact) mass is 360 g/mol. The third kappa shape index (κ3) is 4.50. The van der Waals surface area contributed by atoms with Crippen LogP contribution in [0, 0.1) is 20.8 Å². The smallest absolute Gasteiger partial charge is 0.171 e. The second-order valence-electron chi connectivity index (χ2n) is 6.65. The van der Waals surface area contributed by atoms with Crippen LogP contribution in [-0.4, -0.2) is 5.11 Å². The lowest BCUT2D eigenvalue weighted by Crippen LogP contribution is -2.33. The number of rotatable bonds is 4. The third-order valence-electron chi connectivity index (χ3n) is 4.58. The number of anilines is 1. The molecule has 1 atom stereocenters. The van der Waals surface area contributed by atoms with Crippen molar-refractivity contribution in [3.63, 3.8) is 0 Å². The highest BCUT2D eigenvalue weighted by molar-refractivity contribution is 7.80. The molecule has 0 aliphatic heterocycles. The molecule has 132 valence electrons. The molecule has 0 aromatic heterocycles. The summed E-state index contributed by atoms with van der Waals surface area (Å²) < 4.78 is 0. The molecular formula is C23H24N2S. The summed E-state index contributed by atoms with van der Waals surface area (Å²) in [4.78, 5) is 0. The number of nitrogens with one attached hydrogen (secondary N) is 2. The molecular weight excluding hydrogens is 336 g/mol. The molecule has 2 nitrogen and oxygen atoms in total. The molecule has 0 saturated heterocycles. The number of benzene rings is 3. The maximum atomic E-state index is 5.59. The SMILES string of the molecule is Cc1ccc([C@H](NC(=S)Nc2ccc(C)c(C)c2)c2ccccc2)cc1. The first-order valence-corrected chi connectivity index (χ1v) is 9.20. The van der Waals surface area contributed by atoms with Crippen molar-refractivity contribution in [2.45, 2.75) is 26.8 Å². The normalized spacial score (nSPS) is 11.7. The Morgan fingerprint density at radius 3 is 2.08 bits per heavy atom. The molecule has 26 heavy (non-hydrogen) atoms. The Bertz CT molecular complexity index is 886. The minimum atomic E-state index is 0.00310. The van der Waals surface area contributed by atoms with Gasteiger partial charge in [-0.15, -0.1) is 0 Å². The number of aryl methyl sites for hydroxylation is 3. The fourth-order valence-corrected chi connectivity index (χ4v) is 3.12. The Balaban J connectivity index is 1.82. The third-order valence-corrected chi connectivity index (χ3v) is 4.80. The van der Waals surface area contributed by atoms with Crippen molar-refractivity contribution >= 4 is 23.0 Å². The van der Waals surface area contributed by atoms with Crippen molar-refractivity contribution in [2.24, 2.45) is 0 Å².